The third-order valence-electron chi connectivity index (χ3n) is 4.24. The van der Waals surface area contributed by atoms with Gasteiger partial charge < -0.3 is 9.64 Å². The van der Waals surface area contributed by atoms with Crippen LogP contribution in [0.5, 0.6) is 5.88 Å². The Balaban J connectivity index is 1.55. The van der Waals surface area contributed by atoms with Gasteiger partial charge in [0.2, 0.25) is 5.88 Å². The Morgan fingerprint density at radius 2 is 2.20 bits per heavy atom. The molecule has 4 heteroatoms. The van der Waals surface area contributed by atoms with Gasteiger partial charge in [-0.1, -0.05) is 12.1 Å². The Bertz CT molecular complexity index is 578. The highest BCUT2D eigenvalue weighted by molar-refractivity contribution is 5.84. The topological polar surface area (TPSA) is 30.3 Å². The molecule has 1 aliphatic rings. The Morgan fingerprint density at radius 3 is 3.00 bits per heavy atom. The molecule has 1 aromatic heterocycles. The van der Waals surface area contributed by atoms with Gasteiger partial charge in [-0.25, -0.2) is 0 Å². The van der Waals surface area contributed by atoms with Gasteiger partial charge in [0, 0.05) is 19.6 Å². The number of likely N-dealkylation sites (tertiary alicyclic amines) is 1. The maximum atomic E-state index is 5.88. The smallest absolute Gasteiger partial charge is 0.240 e. The van der Waals surface area contributed by atoms with E-state index in [0.29, 0.717) is 0 Å². The maximum Gasteiger partial charge on any atom is 0.240 e. The average molecular weight is 273 g/mol. The lowest BCUT2D eigenvalue weighted by Crippen LogP contribution is -2.28. The van der Waals surface area contributed by atoms with Crippen LogP contribution in [0, 0.1) is 0 Å². The number of hydrogen-bond acceptors (Lipinski definition) is 3. The van der Waals surface area contributed by atoms with Gasteiger partial charge in [-0.3, -0.25) is 4.68 Å². The van der Waals surface area contributed by atoms with Crippen LogP contribution in [0.15, 0.2) is 24.3 Å². The Labute approximate surface area is 120 Å². The van der Waals surface area contributed by atoms with Crippen molar-refractivity contribution in [1.29, 1.82) is 0 Å². The van der Waals surface area contributed by atoms with E-state index >= 15 is 0 Å². The van der Waals surface area contributed by atoms with Crippen molar-refractivity contribution in [2.24, 2.45) is 7.05 Å². The fourth-order valence-electron chi connectivity index (χ4n) is 3.05. The molecule has 0 N–H and O–H groups in total. The van der Waals surface area contributed by atoms with Crippen LogP contribution in [0.1, 0.15) is 26.2 Å². The molecule has 1 fully saturated rings. The second-order valence-corrected chi connectivity index (χ2v) is 5.68. The second-order valence-electron chi connectivity index (χ2n) is 5.68. The quantitative estimate of drug-likeness (QED) is 0.785. The molecule has 0 bridgehead atoms. The summed E-state index contributed by atoms with van der Waals surface area (Å²) in [4.78, 5) is 2.56. The summed E-state index contributed by atoms with van der Waals surface area (Å²) < 4.78 is 7.76. The Kier molecular flexibility index (Phi) is 3.92. The molecule has 1 atom stereocenters. The maximum absolute atomic E-state index is 5.88. The van der Waals surface area contributed by atoms with Gasteiger partial charge in [0.25, 0.3) is 0 Å². The van der Waals surface area contributed by atoms with Crippen molar-refractivity contribution in [3.8, 4) is 5.88 Å². The number of benzene rings is 1. The molecule has 0 spiro atoms. The molecule has 0 amide bonds. The summed E-state index contributed by atoms with van der Waals surface area (Å²) in [5.74, 6) is 0.762. The Hall–Kier alpha value is -1.55. The van der Waals surface area contributed by atoms with Crippen LogP contribution in [-0.2, 0) is 7.05 Å². The summed E-state index contributed by atoms with van der Waals surface area (Å²) in [5, 5.41) is 5.56. The van der Waals surface area contributed by atoms with E-state index in [0.717, 1.165) is 42.4 Å². The standard InChI is InChI=1S/C16H23N3O/c1-13-7-5-10-19(13)11-6-12-20-16-14-8-3-4-9-15(14)18(2)17-16/h3-4,8-9,13H,5-7,10-12H2,1-2H3/t13-/m1/s1. The number of hydrogen-bond donors (Lipinski definition) is 0. The normalized spacial score (nSPS) is 19.8. The van der Waals surface area contributed by atoms with Gasteiger partial charge in [0.05, 0.1) is 17.5 Å². The highest BCUT2D eigenvalue weighted by Crippen LogP contribution is 2.24. The van der Waals surface area contributed by atoms with Crippen molar-refractivity contribution in [2.75, 3.05) is 19.7 Å². The molecule has 20 heavy (non-hydrogen) atoms. The molecular formula is C16H23N3O. The number of fused-ring (bicyclic) bond motifs is 1. The largest absolute Gasteiger partial charge is 0.476 e. The van der Waals surface area contributed by atoms with Crippen LogP contribution in [0.4, 0.5) is 0 Å². The van der Waals surface area contributed by atoms with Gasteiger partial charge in [0.1, 0.15) is 0 Å². The van der Waals surface area contributed by atoms with Crippen LogP contribution in [-0.4, -0.2) is 40.4 Å². The molecule has 108 valence electrons. The van der Waals surface area contributed by atoms with Crippen LogP contribution in [0.3, 0.4) is 0 Å². The minimum Gasteiger partial charge on any atom is -0.476 e. The third kappa shape index (κ3) is 2.66. The molecule has 1 aromatic carbocycles. The highest BCUT2D eigenvalue weighted by Gasteiger charge is 2.19. The van der Waals surface area contributed by atoms with Crippen LogP contribution < -0.4 is 4.74 Å². The van der Waals surface area contributed by atoms with Gasteiger partial charge in [-0.15, -0.1) is 5.10 Å². The molecule has 0 aliphatic carbocycles. The lowest BCUT2D eigenvalue weighted by molar-refractivity contribution is 0.227. The van der Waals surface area contributed by atoms with Crippen molar-refractivity contribution in [3.05, 3.63) is 24.3 Å². The predicted octanol–water partition coefficient (Wildman–Crippen LogP) is 2.83. The predicted molar refractivity (Wildman–Crippen MR) is 81.1 cm³/mol. The first-order chi connectivity index (χ1) is 9.75. The van der Waals surface area contributed by atoms with E-state index < -0.39 is 0 Å². The van der Waals surface area contributed by atoms with Crippen LogP contribution in [0.25, 0.3) is 10.9 Å². The fraction of sp³-hybridized carbons (Fsp3) is 0.562. The molecule has 4 nitrogen and oxygen atoms in total. The molecule has 0 radical (unpaired) electrons. The van der Waals surface area contributed by atoms with E-state index in [-0.39, 0.29) is 0 Å². The number of rotatable bonds is 5. The first kappa shape index (κ1) is 13.4. The van der Waals surface area contributed by atoms with E-state index in [2.05, 4.69) is 29.1 Å². The summed E-state index contributed by atoms with van der Waals surface area (Å²) in [6.07, 6.45) is 3.74. The minimum absolute atomic E-state index is 0.740. The van der Waals surface area contributed by atoms with Crippen molar-refractivity contribution in [2.45, 2.75) is 32.2 Å². The summed E-state index contributed by atoms with van der Waals surface area (Å²) >= 11 is 0. The summed E-state index contributed by atoms with van der Waals surface area (Å²) in [6, 6.07) is 8.94. The Morgan fingerprint density at radius 1 is 1.35 bits per heavy atom. The molecule has 0 saturated carbocycles. The SMILES string of the molecule is C[C@@H]1CCCN1CCCOc1nn(C)c2ccccc12. The number of aromatic nitrogens is 2. The lowest BCUT2D eigenvalue weighted by atomic mass is 10.2. The molecule has 1 aliphatic heterocycles. The van der Waals surface area contributed by atoms with Crippen molar-refractivity contribution in [1.82, 2.24) is 14.7 Å². The summed E-state index contributed by atoms with van der Waals surface area (Å²) in [5.41, 5.74) is 1.12. The third-order valence-corrected chi connectivity index (χ3v) is 4.24. The molecular weight excluding hydrogens is 250 g/mol. The minimum atomic E-state index is 0.740. The zero-order valence-corrected chi connectivity index (χ0v) is 12.4. The number of aryl methyl sites for hydroxylation is 1. The van der Waals surface area contributed by atoms with Crippen molar-refractivity contribution in [3.63, 3.8) is 0 Å². The number of nitrogens with zero attached hydrogens (tertiary/aromatic N) is 3. The summed E-state index contributed by atoms with van der Waals surface area (Å²) in [6.45, 7) is 5.43. The van der Waals surface area contributed by atoms with E-state index in [1.807, 2.05) is 23.9 Å². The molecule has 2 heterocycles. The number of para-hydroxylation sites is 1. The van der Waals surface area contributed by atoms with E-state index in [4.69, 9.17) is 4.74 Å². The van der Waals surface area contributed by atoms with Crippen LogP contribution >= 0.6 is 0 Å². The van der Waals surface area contributed by atoms with Gasteiger partial charge in [-0.05, 0) is 44.9 Å². The zero-order valence-electron chi connectivity index (χ0n) is 12.4. The second kappa shape index (κ2) is 5.83. The van der Waals surface area contributed by atoms with E-state index in [9.17, 15) is 0 Å². The van der Waals surface area contributed by atoms with Crippen LogP contribution in [0.2, 0.25) is 0 Å². The van der Waals surface area contributed by atoms with Gasteiger partial charge in [0.15, 0.2) is 0 Å². The molecule has 1 saturated heterocycles. The van der Waals surface area contributed by atoms with Crippen molar-refractivity contribution >= 4 is 10.9 Å². The average Bonchev–Trinajstić information content (AvgIpc) is 3.00. The number of ether oxygens (including phenoxy) is 1. The first-order valence-corrected chi connectivity index (χ1v) is 7.54. The highest BCUT2D eigenvalue weighted by atomic mass is 16.5. The summed E-state index contributed by atoms with van der Waals surface area (Å²) in [7, 11) is 1.96. The van der Waals surface area contributed by atoms with E-state index in [1.165, 1.54) is 19.4 Å². The molecule has 3 rings (SSSR count). The van der Waals surface area contributed by atoms with Gasteiger partial charge in [-0.2, -0.15) is 0 Å². The molecule has 2 aromatic rings. The van der Waals surface area contributed by atoms with E-state index in [1.54, 1.807) is 0 Å². The molecule has 0 unspecified atom stereocenters. The van der Waals surface area contributed by atoms with Crippen molar-refractivity contribution < 1.29 is 4.74 Å². The zero-order chi connectivity index (χ0) is 13.9. The lowest BCUT2D eigenvalue weighted by Gasteiger charge is -2.20. The monoisotopic (exact) mass is 273 g/mol. The fourth-order valence-corrected chi connectivity index (χ4v) is 3.05. The van der Waals surface area contributed by atoms with Gasteiger partial charge >= 0.3 is 0 Å². The first-order valence-electron chi connectivity index (χ1n) is 7.54.